The largest absolute Gasteiger partial charge is 0.467 e. The maximum Gasteiger partial charge on any atom is 0.330 e. The van der Waals surface area contributed by atoms with Gasteiger partial charge in [-0.25, -0.2) is 4.79 Å². The first-order valence-corrected chi connectivity index (χ1v) is 11.4. The first-order valence-electron chi connectivity index (χ1n) is 9.81. The van der Waals surface area contributed by atoms with Gasteiger partial charge in [-0.2, -0.15) is 0 Å². The number of anilines is 1. The minimum atomic E-state index is -1.26. The molecule has 11 nitrogen and oxygen atoms in total. The standard InChI is InChI=1S/C21H21BrCl2N6O5/c1-35-20(34)15(29-19(33)17-12(23)6-10(22)7-13(17)24)8-27-16(31)9-28-18(32)11-4-2-3-5-14(11)30-21(25)26/h2-7,15H,8-9H2,1H3,(H,27,31)(H,28,32)(H,29,33)(H4,25,26,30). The number of amides is 3. The van der Waals surface area contributed by atoms with Crippen molar-refractivity contribution in [3.05, 3.63) is 62.0 Å². The predicted octanol–water partition coefficient (Wildman–Crippen LogP) is 1.88. The molecule has 0 fully saturated rings. The molecule has 1 atom stereocenters. The van der Waals surface area contributed by atoms with E-state index in [0.29, 0.717) is 4.47 Å². The molecule has 0 saturated carbocycles. The predicted molar refractivity (Wildman–Crippen MR) is 135 cm³/mol. The fraction of sp³-hybridized carbons (Fsp3) is 0.190. The van der Waals surface area contributed by atoms with E-state index in [9.17, 15) is 19.2 Å². The number of nitrogens with one attached hydrogen (secondary N) is 5. The lowest BCUT2D eigenvalue weighted by molar-refractivity contribution is -0.142. The zero-order valence-corrected chi connectivity index (χ0v) is 21.3. The minimum absolute atomic E-state index is 0.0526. The maximum absolute atomic E-state index is 12.7. The van der Waals surface area contributed by atoms with Crippen LogP contribution in [0.25, 0.3) is 0 Å². The molecule has 35 heavy (non-hydrogen) atoms. The molecule has 0 bridgehead atoms. The molecule has 3 amide bonds. The molecule has 0 radical (unpaired) electrons. The number of nitrogens with two attached hydrogens (primary N) is 1. The van der Waals surface area contributed by atoms with Crippen LogP contribution in [-0.4, -0.2) is 55.9 Å². The Morgan fingerprint density at radius 3 is 2.31 bits per heavy atom. The summed E-state index contributed by atoms with van der Waals surface area (Å²) >= 11 is 15.4. The fourth-order valence-electron chi connectivity index (χ4n) is 2.79. The molecule has 2 aromatic carbocycles. The highest BCUT2D eigenvalue weighted by molar-refractivity contribution is 9.10. The summed E-state index contributed by atoms with van der Waals surface area (Å²) in [7, 11) is 1.12. The normalized spacial score (nSPS) is 11.1. The van der Waals surface area contributed by atoms with Crippen molar-refractivity contribution in [2.75, 3.05) is 25.5 Å². The van der Waals surface area contributed by atoms with Crippen molar-refractivity contribution in [1.82, 2.24) is 16.0 Å². The average Bonchev–Trinajstić information content (AvgIpc) is 2.78. The highest BCUT2D eigenvalue weighted by Gasteiger charge is 2.25. The van der Waals surface area contributed by atoms with Crippen LogP contribution in [0, 0.1) is 5.41 Å². The van der Waals surface area contributed by atoms with Crippen LogP contribution in [0.5, 0.6) is 0 Å². The third-order valence-corrected chi connectivity index (χ3v) is 5.43. The van der Waals surface area contributed by atoms with Gasteiger partial charge < -0.3 is 31.7 Å². The summed E-state index contributed by atoms with van der Waals surface area (Å²) < 4.78 is 5.24. The van der Waals surface area contributed by atoms with Gasteiger partial charge in [0.05, 0.1) is 40.5 Å². The van der Waals surface area contributed by atoms with Crippen LogP contribution in [0.15, 0.2) is 40.9 Å². The molecular weight excluding hydrogens is 567 g/mol. The molecule has 7 N–H and O–H groups in total. The summed E-state index contributed by atoms with van der Waals surface area (Å²) in [5.41, 5.74) is 5.71. The smallest absolute Gasteiger partial charge is 0.330 e. The Kier molecular flexibility index (Phi) is 10.3. The second-order valence-electron chi connectivity index (χ2n) is 6.86. The third-order valence-electron chi connectivity index (χ3n) is 4.38. The van der Waals surface area contributed by atoms with E-state index in [1.165, 1.54) is 18.2 Å². The molecule has 2 rings (SSSR count). The van der Waals surface area contributed by atoms with Gasteiger partial charge >= 0.3 is 5.97 Å². The van der Waals surface area contributed by atoms with Crippen molar-refractivity contribution in [2.24, 2.45) is 5.73 Å². The van der Waals surface area contributed by atoms with Gasteiger partial charge in [0.15, 0.2) is 5.96 Å². The van der Waals surface area contributed by atoms with Crippen molar-refractivity contribution >= 4 is 74.5 Å². The number of rotatable bonds is 9. The summed E-state index contributed by atoms with van der Waals surface area (Å²) in [5, 5.41) is 17.2. The molecule has 0 saturated heterocycles. The Bertz CT molecular complexity index is 1140. The van der Waals surface area contributed by atoms with E-state index in [0.717, 1.165) is 7.11 Å². The van der Waals surface area contributed by atoms with Gasteiger partial charge in [-0.05, 0) is 24.3 Å². The summed E-state index contributed by atoms with van der Waals surface area (Å²) in [6, 6.07) is 7.94. The first kappa shape index (κ1) is 27.9. The lowest BCUT2D eigenvalue weighted by atomic mass is 10.1. The van der Waals surface area contributed by atoms with Gasteiger partial charge in [0.2, 0.25) is 5.91 Å². The van der Waals surface area contributed by atoms with Gasteiger partial charge in [0.25, 0.3) is 11.8 Å². The van der Waals surface area contributed by atoms with Gasteiger partial charge in [-0.3, -0.25) is 19.8 Å². The highest BCUT2D eigenvalue weighted by Crippen LogP contribution is 2.29. The second kappa shape index (κ2) is 12.9. The minimum Gasteiger partial charge on any atom is -0.467 e. The summed E-state index contributed by atoms with van der Waals surface area (Å²) in [5.74, 6) is -3.17. The Morgan fingerprint density at radius 2 is 1.71 bits per heavy atom. The monoisotopic (exact) mass is 586 g/mol. The zero-order valence-electron chi connectivity index (χ0n) is 18.2. The molecule has 0 heterocycles. The van der Waals surface area contributed by atoms with Crippen LogP contribution in [0.2, 0.25) is 10.0 Å². The molecule has 1 unspecified atom stereocenters. The lowest BCUT2D eigenvalue weighted by Gasteiger charge is -2.18. The lowest BCUT2D eigenvalue weighted by Crippen LogP contribution is -2.50. The number of guanidine groups is 1. The number of halogens is 3. The van der Waals surface area contributed by atoms with Gasteiger partial charge in [0, 0.05) is 11.0 Å². The van der Waals surface area contributed by atoms with Crippen LogP contribution < -0.4 is 27.0 Å². The summed E-state index contributed by atoms with van der Waals surface area (Å²) in [6.07, 6.45) is 0. The Balaban J connectivity index is 1.99. The van der Waals surface area contributed by atoms with Crippen LogP contribution in [0.4, 0.5) is 5.69 Å². The molecule has 0 spiro atoms. The molecule has 0 aliphatic rings. The number of hydrogen-bond acceptors (Lipinski definition) is 6. The van der Waals surface area contributed by atoms with Crippen LogP contribution in [0.1, 0.15) is 20.7 Å². The quantitative estimate of drug-likeness (QED) is 0.147. The second-order valence-corrected chi connectivity index (χ2v) is 8.59. The summed E-state index contributed by atoms with van der Waals surface area (Å²) in [4.78, 5) is 49.5. The third kappa shape index (κ3) is 8.12. The van der Waals surface area contributed by atoms with E-state index < -0.39 is 36.3 Å². The number of para-hydroxylation sites is 1. The Labute approximate surface area is 218 Å². The van der Waals surface area contributed by atoms with Crippen LogP contribution in [0.3, 0.4) is 0 Å². The van der Waals surface area contributed by atoms with E-state index in [4.69, 9.17) is 34.3 Å². The van der Waals surface area contributed by atoms with Crippen LogP contribution in [-0.2, 0) is 14.3 Å². The molecule has 14 heteroatoms. The van der Waals surface area contributed by atoms with Crippen molar-refractivity contribution in [3.8, 4) is 0 Å². The number of carbonyl (C=O) groups excluding carboxylic acids is 4. The molecule has 0 aromatic heterocycles. The molecule has 0 aliphatic carbocycles. The fourth-order valence-corrected chi connectivity index (χ4v) is 4.17. The van der Waals surface area contributed by atoms with Gasteiger partial charge in [-0.1, -0.05) is 51.3 Å². The van der Waals surface area contributed by atoms with Gasteiger partial charge in [0.1, 0.15) is 6.04 Å². The van der Waals surface area contributed by atoms with Crippen molar-refractivity contribution < 1.29 is 23.9 Å². The SMILES string of the molecule is COC(=O)C(CNC(=O)CNC(=O)c1ccccc1NC(=N)N)NC(=O)c1c(Cl)cc(Br)cc1Cl. The highest BCUT2D eigenvalue weighted by atomic mass is 79.9. The first-order chi connectivity index (χ1) is 16.5. The van der Waals surface area contributed by atoms with Crippen LogP contribution >= 0.6 is 39.1 Å². The number of benzene rings is 2. The molecular formula is C21H21BrCl2N6O5. The van der Waals surface area contributed by atoms with Crippen molar-refractivity contribution in [1.29, 1.82) is 5.41 Å². The maximum atomic E-state index is 12.7. The van der Waals surface area contributed by atoms with E-state index in [2.05, 4.69) is 41.9 Å². The average molecular weight is 588 g/mol. The summed E-state index contributed by atoms with van der Waals surface area (Å²) in [6.45, 7) is -0.763. The number of ether oxygens (including phenoxy) is 1. The van der Waals surface area contributed by atoms with Gasteiger partial charge in [-0.15, -0.1) is 0 Å². The van der Waals surface area contributed by atoms with E-state index >= 15 is 0 Å². The zero-order chi connectivity index (χ0) is 26.1. The van der Waals surface area contributed by atoms with E-state index in [1.54, 1.807) is 18.2 Å². The Hall–Kier alpha value is -3.35. The van der Waals surface area contributed by atoms with E-state index in [-0.39, 0.29) is 39.4 Å². The topological polar surface area (TPSA) is 176 Å². The Morgan fingerprint density at radius 1 is 1.09 bits per heavy atom. The molecule has 186 valence electrons. The number of methoxy groups -OCH3 is 1. The number of esters is 1. The molecule has 0 aliphatic heterocycles. The van der Waals surface area contributed by atoms with Crippen molar-refractivity contribution in [2.45, 2.75) is 6.04 Å². The number of carbonyl (C=O) groups is 4. The number of hydrogen-bond donors (Lipinski definition) is 6. The van der Waals surface area contributed by atoms with E-state index in [1.807, 2.05) is 0 Å². The molecule has 2 aromatic rings. The van der Waals surface area contributed by atoms with Crippen molar-refractivity contribution in [3.63, 3.8) is 0 Å².